The summed E-state index contributed by atoms with van der Waals surface area (Å²) in [5, 5.41) is 9.75. The minimum absolute atomic E-state index is 0.179. The summed E-state index contributed by atoms with van der Waals surface area (Å²) in [6, 6.07) is 11.2. The Morgan fingerprint density at radius 2 is 1.81 bits per heavy atom. The Morgan fingerprint density at radius 1 is 1.16 bits per heavy atom. The second-order valence-corrected chi connectivity index (χ2v) is 10.2. The van der Waals surface area contributed by atoms with Gasteiger partial charge in [-0.05, 0) is 66.1 Å². The van der Waals surface area contributed by atoms with E-state index in [2.05, 4.69) is 83.7 Å². The van der Waals surface area contributed by atoms with Crippen molar-refractivity contribution in [2.24, 2.45) is 0 Å². The number of carbonyl (C=O) groups is 1. The topological polar surface area (TPSA) is 54.3 Å². The first kappa shape index (κ1) is 23.8. The normalized spacial score (nSPS) is 21.3. The average molecular weight is 444 g/mol. The van der Waals surface area contributed by atoms with Crippen LogP contribution in [-0.4, -0.2) is 61.9 Å². The molecule has 31 heavy (non-hydrogen) atoms. The van der Waals surface area contributed by atoms with Crippen LogP contribution in [0.5, 0.6) is 0 Å². The van der Waals surface area contributed by atoms with Gasteiger partial charge in [0.25, 0.3) is 0 Å². The van der Waals surface area contributed by atoms with Crippen LogP contribution < -0.4 is 0 Å². The molecule has 4 unspecified atom stereocenters. The predicted molar refractivity (Wildman–Crippen MR) is 127 cm³/mol. The summed E-state index contributed by atoms with van der Waals surface area (Å²) >= 11 is 1.54. The molecule has 4 atom stereocenters. The Kier molecular flexibility index (Phi) is 8.17. The van der Waals surface area contributed by atoms with Crippen LogP contribution in [0.3, 0.4) is 0 Å². The number of amides is 1. The van der Waals surface area contributed by atoms with Gasteiger partial charge in [-0.1, -0.05) is 49.0 Å². The SMILES string of the molecule is CCC(c1nnc(SC(C)C(=O)N2C(C)CCCC2C)n1Cc1ccccc1)N(C)C. The maximum atomic E-state index is 13.3. The Morgan fingerprint density at radius 3 is 2.39 bits per heavy atom. The highest BCUT2D eigenvalue weighted by Gasteiger charge is 2.33. The predicted octanol–water partition coefficient (Wildman–Crippen LogP) is 4.61. The van der Waals surface area contributed by atoms with E-state index in [-0.39, 0.29) is 17.2 Å². The third-order valence-electron chi connectivity index (χ3n) is 6.32. The maximum Gasteiger partial charge on any atom is 0.236 e. The summed E-state index contributed by atoms with van der Waals surface area (Å²) < 4.78 is 2.20. The second-order valence-electron chi connectivity index (χ2n) is 8.93. The molecule has 0 radical (unpaired) electrons. The number of hydrogen-bond donors (Lipinski definition) is 0. The summed E-state index contributed by atoms with van der Waals surface area (Å²) in [5.41, 5.74) is 1.20. The van der Waals surface area contributed by atoms with Crippen molar-refractivity contribution in [3.8, 4) is 0 Å². The molecule has 6 nitrogen and oxygen atoms in total. The minimum atomic E-state index is -0.200. The van der Waals surface area contributed by atoms with Crippen molar-refractivity contribution in [3.63, 3.8) is 0 Å². The molecule has 2 aromatic rings. The summed E-state index contributed by atoms with van der Waals surface area (Å²) in [6.45, 7) is 9.22. The van der Waals surface area contributed by atoms with E-state index < -0.39 is 0 Å². The van der Waals surface area contributed by atoms with Gasteiger partial charge in [0, 0.05) is 12.1 Å². The molecule has 0 saturated carbocycles. The molecular formula is C24H37N5OS. The zero-order valence-corrected chi connectivity index (χ0v) is 20.6. The zero-order chi connectivity index (χ0) is 22.5. The van der Waals surface area contributed by atoms with Crippen molar-refractivity contribution < 1.29 is 4.79 Å². The van der Waals surface area contributed by atoms with E-state index in [0.29, 0.717) is 18.6 Å². The largest absolute Gasteiger partial charge is 0.336 e. The fraction of sp³-hybridized carbons (Fsp3) is 0.625. The third kappa shape index (κ3) is 5.50. The lowest BCUT2D eigenvalue weighted by Crippen LogP contribution is -2.50. The highest BCUT2D eigenvalue weighted by Crippen LogP contribution is 2.31. The summed E-state index contributed by atoms with van der Waals surface area (Å²) in [6.07, 6.45) is 4.32. The van der Waals surface area contributed by atoms with E-state index in [9.17, 15) is 4.79 Å². The molecular weight excluding hydrogens is 406 g/mol. The van der Waals surface area contributed by atoms with Crippen molar-refractivity contribution in [1.29, 1.82) is 0 Å². The molecule has 170 valence electrons. The molecule has 0 N–H and O–H groups in total. The number of nitrogens with zero attached hydrogens (tertiary/aromatic N) is 5. The van der Waals surface area contributed by atoms with Crippen molar-refractivity contribution >= 4 is 17.7 Å². The average Bonchev–Trinajstić information content (AvgIpc) is 3.10. The van der Waals surface area contributed by atoms with E-state index in [1.54, 1.807) is 0 Å². The van der Waals surface area contributed by atoms with E-state index in [4.69, 9.17) is 0 Å². The van der Waals surface area contributed by atoms with E-state index in [1.807, 2.05) is 13.0 Å². The fourth-order valence-electron chi connectivity index (χ4n) is 4.60. The number of likely N-dealkylation sites (tertiary alicyclic amines) is 1. The Labute approximate surface area is 191 Å². The van der Waals surface area contributed by atoms with Gasteiger partial charge in [-0.2, -0.15) is 0 Å². The molecule has 2 heterocycles. The molecule has 1 aliphatic rings. The molecule has 3 rings (SSSR count). The number of benzene rings is 1. The Balaban J connectivity index is 1.87. The highest BCUT2D eigenvalue weighted by molar-refractivity contribution is 8.00. The summed E-state index contributed by atoms with van der Waals surface area (Å²) in [5.74, 6) is 1.17. The summed E-state index contributed by atoms with van der Waals surface area (Å²) in [4.78, 5) is 17.6. The highest BCUT2D eigenvalue weighted by atomic mass is 32.2. The lowest BCUT2D eigenvalue weighted by molar-refractivity contribution is -0.136. The molecule has 1 saturated heterocycles. The van der Waals surface area contributed by atoms with Gasteiger partial charge in [-0.15, -0.1) is 10.2 Å². The summed E-state index contributed by atoms with van der Waals surface area (Å²) in [7, 11) is 4.15. The van der Waals surface area contributed by atoms with Crippen LogP contribution in [0, 0.1) is 0 Å². The van der Waals surface area contributed by atoms with Crippen LogP contribution in [-0.2, 0) is 11.3 Å². The van der Waals surface area contributed by atoms with Crippen LogP contribution in [0.15, 0.2) is 35.5 Å². The van der Waals surface area contributed by atoms with Crippen molar-refractivity contribution in [3.05, 3.63) is 41.7 Å². The molecule has 1 aliphatic heterocycles. The molecule has 1 aromatic heterocycles. The molecule has 0 spiro atoms. The Bertz CT molecular complexity index is 843. The van der Waals surface area contributed by atoms with E-state index in [0.717, 1.165) is 30.2 Å². The van der Waals surface area contributed by atoms with E-state index in [1.165, 1.54) is 23.7 Å². The minimum Gasteiger partial charge on any atom is -0.336 e. The monoisotopic (exact) mass is 443 g/mol. The third-order valence-corrected chi connectivity index (χ3v) is 7.38. The number of hydrogen-bond acceptors (Lipinski definition) is 5. The first-order valence-electron chi connectivity index (χ1n) is 11.5. The fourth-order valence-corrected chi connectivity index (χ4v) is 5.51. The standard InChI is InChI=1S/C24H37N5OS/c1-7-21(27(5)6)22-25-26-24(28(22)16-20-14-9-8-10-15-20)31-19(4)23(30)29-17(2)12-11-13-18(29)3/h8-10,14-15,17-19,21H,7,11-13,16H2,1-6H3. The smallest absolute Gasteiger partial charge is 0.236 e. The second kappa shape index (κ2) is 10.6. The van der Waals surface area contributed by atoms with Crippen LogP contribution in [0.25, 0.3) is 0 Å². The number of aromatic nitrogens is 3. The first-order valence-corrected chi connectivity index (χ1v) is 12.3. The van der Waals surface area contributed by atoms with Gasteiger partial charge in [0.1, 0.15) is 0 Å². The van der Waals surface area contributed by atoms with Gasteiger partial charge in [0.2, 0.25) is 5.91 Å². The number of rotatable bonds is 8. The lowest BCUT2D eigenvalue weighted by atomic mass is 9.97. The zero-order valence-electron chi connectivity index (χ0n) is 19.8. The number of thioether (sulfide) groups is 1. The molecule has 0 aliphatic carbocycles. The molecule has 0 bridgehead atoms. The van der Waals surface area contributed by atoms with Crippen LogP contribution >= 0.6 is 11.8 Å². The van der Waals surface area contributed by atoms with Crippen molar-refractivity contribution in [2.75, 3.05) is 14.1 Å². The van der Waals surface area contributed by atoms with Gasteiger partial charge < -0.3 is 9.47 Å². The molecule has 1 fully saturated rings. The van der Waals surface area contributed by atoms with Crippen LogP contribution in [0.1, 0.15) is 70.8 Å². The van der Waals surface area contributed by atoms with Gasteiger partial charge in [0.05, 0.1) is 17.8 Å². The lowest BCUT2D eigenvalue weighted by Gasteiger charge is -2.40. The van der Waals surface area contributed by atoms with Gasteiger partial charge >= 0.3 is 0 Å². The van der Waals surface area contributed by atoms with Crippen LogP contribution in [0.2, 0.25) is 0 Å². The van der Waals surface area contributed by atoms with Gasteiger partial charge in [0.15, 0.2) is 11.0 Å². The van der Waals surface area contributed by atoms with Gasteiger partial charge in [-0.3, -0.25) is 9.69 Å². The number of carbonyl (C=O) groups excluding carboxylic acids is 1. The number of piperidine rings is 1. The molecule has 1 amide bonds. The van der Waals surface area contributed by atoms with Gasteiger partial charge in [-0.25, -0.2) is 0 Å². The van der Waals surface area contributed by atoms with Crippen molar-refractivity contribution in [2.45, 2.75) is 88.5 Å². The molecule has 7 heteroatoms. The van der Waals surface area contributed by atoms with E-state index >= 15 is 0 Å². The molecule has 1 aromatic carbocycles. The quantitative estimate of drug-likeness (QED) is 0.558. The van der Waals surface area contributed by atoms with Crippen LogP contribution in [0.4, 0.5) is 0 Å². The first-order chi connectivity index (χ1) is 14.8. The van der Waals surface area contributed by atoms with Crippen molar-refractivity contribution in [1.82, 2.24) is 24.6 Å². The Hall–Kier alpha value is -1.86. The maximum absolute atomic E-state index is 13.3.